The fraction of sp³-hybridized carbons (Fsp3) is 0.286. The van der Waals surface area contributed by atoms with Crippen molar-refractivity contribution in [3.63, 3.8) is 0 Å². The molecule has 0 aromatic heterocycles. The summed E-state index contributed by atoms with van der Waals surface area (Å²) < 4.78 is 0.970. The maximum atomic E-state index is 11.9. The molecule has 1 saturated heterocycles. The molecule has 0 saturated carbocycles. The summed E-state index contributed by atoms with van der Waals surface area (Å²) in [7, 11) is 0. The molecule has 2 N–H and O–H groups in total. The summed E-state index contributed by atoms with van der Waals surface area (Å²) in [5.74, 6) is -0.613. The minimum Gasteiger partial charge on any atom is -0.369 e. The third-order valence-electron chi connectivity index (χ3n) is 3.17. The monoisotopic (exact) mass is 322 g/mol. The zero-order chi connectivity index (χ0) is 13.8. The van der Waals surface area contributed by atoms with E-state index in [1.807, 2.05) is 24.3 Å². The number of amides is 2. The first-order valence-corrected chi connectivity index (χ1v) is 6.87. The average molecular weight is 323 g/mol. The van der Waals surface area contributed by atoms with Crippen LogP contribution in [0.25, 0.3) is 6.08 Å². The normalized spacial score (nSPS) is 19.0. The molecule has 0 bridgehead atoms. The van der Waals surface area contributed by atoms with Gasteiger partial charge in [0.25, 0.3) is 0 Å². The smallest absolute Gasteiger partial charge is 0.246 e. The van der Waals surface area contributed by atoms with Crippen molar-refractivity contribution in [2.45, 2.75) is 6.42 Å². The van der Waals surface area contributed by atoms with Gasteiger partial charge in [-0.2, -0.15) is 0 Å². The second-order valence-electron chi connectivity index (χ2n) is 4.56. The van der Waals surface area contributed by atoms with Crippen LogP contribution in [0.2, 0.25) is 0 Å². The molecule has 5 heteroatoms. The van der Waals surface area contributed by atoms with Crippen molar-refractivity contribution in [2.24, 2.45) is 11.7 Å². The Hall–Kier alpha value is -1.62. The van der Waals surface area contributed by atoms with Gasteiger partial charge in [-0.3, -0.25) is 9.59 Å². The maximum absolute atomic E-state index is 11.9. The number of hydrogen-bond donors (Lipinski definition) is 1. The molecule has 1 aliphatic heterocycles. The van der Waals surface area contributed by atoms with E-state index in [1.165, 1.54) is 6.08 Å². The highest BCUT2D eigenvalue weighted by atomic mass is 79.9. The zero-order valence-electron chi connectivity index (χ0n) is 10.4. The van der Waals surface area contributed by atoms with Crippen molar-refractivity contribution in [3.05, 3.63) is 40.4 Å². The SMILES string of the molecule is NC(=O)[C@H]1CCN(C(=O)/C=C/c2cccc(Br)c2)C1. The largest absolute Gasteiger partial charge is 0.369 e. The van der Waals surface area contributed by atoms with Crippen molar-refractivity contribution < 1.29 is 9.59 Å². The van der Waals surface area contributed by atoms with E-state index in [0.717, 1.165) is 10.0 Å². The summed E-state index contributed by atoms with van der Waals surface area (Å²) >= 11 is 3.38. The van der Waals surface area contributed by atoms with Crippen molar-refractivity contribution in [3.8, 4) is 0 Å². The molecule has 0 aliphatic carbocycles. The first kappa shape index (κ1) is 13.8. The molecule has 1 atom stereocenters. The van der Waals surface area contributed by atoms with Crippen LogP contribution in [0.1, 0.15) is 12.0 Å². The highest BCUT2D eigenvalue weighted by molar-refractivity contribution is 9.10. The van der Waals surface area contributed by atoms with Crippen LogP contribution in [0, 0.1) is 5.92 Å². The summed E-state index contributed by atoms with van der Waals surface area (Å²) in [4.78, 5) is 24.7. The lowest BCUT2D eigenvalue weighted by Gasteiger charge is -2.13. The van der Waals surface area contributed by atoms with E-state index in [0.29, 0.717) is 19.5 Å². The van der Waals surface area contributed by atoms with E-state index in [4.69, 9.17) is 5.73 Å². The molecule has 2 amide bonds. The molecule has 2 rings (SSSR count). The molecular weight excluding hydrogens is 308 g/mol. The number of carbonyl (C=O) groups is 2. The fourth-order valence-corrected chi connectivity index (χ4v) is 2.49. The van der Waals surface area contributed by atoms with Gasteiger partial charge in [-0.05, 0) is 30.2 Å². The predicted octanol–water partition coefficient (Wildman–Crippen LogP) is 1.80. The van der Waals surface area contributed by atoms with Crippen LogP contribution in [-0.2, 0) is 9.59 Å². The summed E-state index contributed by atoms with van der Waals surface area (Å²) in [6.45, 7) is 1.02. The number of nitrogens with two attached hydrogens (primary N) is 1. The highest BCUT2D eigenvalue weighted by Crippen LogP contribution is 2.17. The summed E-state index contributed by atoms with van der Waals surface area (Å²) in [5.41, 5.74) is 6.19. The van der Waals surface area contributed by atoms with Crippen LogP contribution in [0.3, 0.4) is 0 Å². The lowest BCUT2D eigenvalue weighted by Crippen LogP contribution is -2.30. The molecule has 0 spiro atoms. The molecule has 0 unspecified atom stereocenters. The van der Waals surface area contributed by atoms with Gasteiger partial charge in [-0.15, -0.1) is 0 Å². The van der Waals surface area contributed by atoms with Crippen LogP contribution < -0.4 is 5.73 Å². The summed E-state index contributed by atoms with van der Waals surface area (Å²) in [5, 5.41) is 0. The van der Waals surface area contributed by atoms with Crippen LogP contribution in [0.5, 0.6) is 0 Å². The third kappa shape index (κ3) is 3.67. The Morgan fingerprint density at radius 1 is 1.42 bits per heavy atom. The van der Waals surface area contributed by atoms with Gasteiger partial charge in [-0.25, -0.2) is 0 Å². The average Bonchev–Trinajstić information content (AvgIpc) is 2.86. The Labute approximate surface area is 120 Å². The fourth-order valence-electron chi connectivity index (χ4n) is 2.08. The molecular formula is C14H15BrN2O2. The minimum atomic E-state index is -0.328. The zero-order valence-corrected chi connectivity index (χ0v) is 12.0. The van der Waals surface area contributed by atoms with Gasteiger partial charge in [0.05, 0.1) is 5.92 Å². The van der Waals surface area contributed by atoms with Gasteiger partial charge in [-0.1, -0.05) is 28.1 Å². The number of benzene rings is 1. The summed E-state index contributed by atoms with van der Waals surface area (Å²) in [6.07, 6.45) is 3.96. The second kappa shape index (κ2) is 6.02. The maximum Gasteiger partial charge on any atom is 0.246 e. The van der Waals surface area contributed by atoms with E-state index in [1.54, 1.807) is 11.0 Å². The van der Waals surface area contributed by atoms with Crippen molar-refractivity contribution in [1.29, 1.82) is 0 Å². The number of carbonyl (C=O) groups excluding carboxylic acids is 2. The van der Waals surface area contributed by atoms with E-state index in [9.17, 15) is 9.59 Å². The topological polar surface area (TPSA) is 63.4 Å². The van der Waals surface area contributed by atoms with Gasteiger partial charge < -0.3 is 10.6 Å². The standard InChI is InChI=1S/C14H15BrN2O2/c15-12-3-1-2-10(8-12)4-5-13(18)17-7-6-11(9-17)14(16)19/h1-5,8,11H,6-7,9H2,(H2,16,19)/b5-4+/t11-/m0/s1. The number of hydrogen-bond acceptors (Lipinski definition) is 2. The molecule has 4 nitrogen and oxygen atoms in total. The Bertz CT molecular complexity index is 528. The number of rotatable bonds is 3. The number of nitrogens with zero attached hydrogens (tertiary/aromatic N) is 1. The van der Waals surface area contributed by atoms with Crippen LogP contribution in [-0.4, -0.2) is 29.8 Å². The predicted molar refractivity (Wildman–Crippen MR) is 77.1 cm³/mol. The lowest BCUT2D eigenvalue weighted by molar-refractivity contribution is -0.125. The quantitative estimate of drug-likeness (QED) is 0.862. The molecule has 1 aromatic carbocycles. The highest BCUT2D eigenvalue weighted by Gasteiger charge is 2.28. The molecule has 100 valence electrons. The first-order chi connectivity index (χ1) is 9.06. The molecule has 19 heavy (non-hydrogen) atoms. The van der Waals surface area contributed by atoms with Crippen molar-refractivity contribution in [2.75, 3.05) is 13.1 Å². The Morgan fingerprint density at radius 2 is 2.21 bits per heavy atom. The number of primary amides is 1. The molecule has 1 aliphatic rings. The number of halogens is 1. The third-order valence-corrected chi connectivity index (χ3v) is 3.66. The van der Waals surface area contributed by atoms with E-state index < -0.39 is 0 Å². The van der Waals surface area contributed by atoms with E-state index >= 15 is 0 Å². The Morgan fingerprint density at radius 3 is 2.84 bits per heavy atom. The van der Waals surface area contributed by atoms with Gasteiger partial charge >= 0.3 is 0 Å². The van der Waals surface area contributed by atoms with E-state index in [-0.39, 0.29) is 17.7 Å². The van der Waals surface area contributed by atoms with Gasteiger partial charge in [0.2, 0.25) is 11.8 Å². The van der Waals surface area contributed by atoms with E-state index in [2.05, 4.69) is 15.9 Å². The number of likely N-dealkylation sites (tertiary alicyclic amines) is 1. The van der Waals surface area contributed by atoms with Crippen molar-refractivity contribution >= 4 is 33.8 Å². The van der Waals surface area contributed by atoms with Crippen LogP contribution in [0.4, 0.5) is 0 Å². The van der Waals surface area contributed by atoms with Crippen molar-refractivity contribution in [1.82, 2.24) is 4.90 Å². The molecule has 1 aromatic rings. The lowest BCUT2D eigenvalue weighted by atomic mass is 10.1. The molecule has 1 fully saturated rings. The first-order valence-electron chi connectivity index (χ1n) is 6.08. The molecule has 1 heterocycles. The van der Waals surface area contributed by atoms with Gasteiger partial charge in [0.15, 0.2) is 0 Å². The Kier molecular flexibility index (Phi) is 4.37. The minimum absolute atomic E-state index is 0.0799. The second-order valence-corrected chi connectivity index (χ2v) is 5.48. The summed E-state index contributed by atoms with van der Waals surface area (Å²) in [6, 6.07) is 7.69. The van der Waals surface area contributed by atoms with Gasteiger partial charge in [0, 0.05) is 23.6 Å². The Balaban J connectivity index is 1.96. The van der Waals surface area contributed by atoms with Crippen LogP contribution in [0.15, 0.2) is 34.8 Å². The van der Waals surface area contributed by atoms with Crippen LogP contribution >= 0.6 is 15.9 Å². The molecule has 0 radical (unpaired) electrons. The van der Waals surface area contributed by atoms with Gasteiger partial charge in [0.1, 0.15) is 0 Å².